The minimum absolute atomic E-state index is 0.277. The van der Waals surface area contributed by atoms with E-state index in [4.69, 9.17) is 0 Å². The molecule has 0 unspecified atom stereocenters. The van der Waals surface area contributed by atoms with Gasteiger partial charge >= 0.3 is 0 Å². The van der Waals surface area contributed by atoms with E-state index in [2.05, 4.69) is 17.4 Å². The fraction of sp³-hybridized carbons (Fsp3) is 0.174. The van der Waals surface area contributed by atoms with Crippen molar-refractivity contribution in [1.29, 1.82) is 0 Å². The van der Waals surface area contributed by atoms with Crippen LogP contribution >= 0.6 is 0 Å². The summed E-state index contributed by atoms with van der Waals surface area (Å²) in [5.41, 5.74) is 6.80. The van der Waals surface area contributed by atoms with Crippen LogP contribution in [0.3, 0.4) is 0 Å². The van der Waals surface area contributed by atoms with E-state index in [0.717, 1.165) is 28.1 Å². The largest absolute Gasteiger partial charge is 0.325 e. The number of nitrogens with zero attached hydrogens (tertiary/aromatic N) is 1. The number of fused-ring (bicyclic) bond motifs is 3. The molecule has 0 bridgehead atoms. The van der Waals surface area contributed by atoms with Gasteiger partial charge in [0.05, 0.1) is 11.9 Å². The number of benzene rings is 3. The normalized spacial score (nSPS) is 12.2. The molecule has 29 heavy (non-hydrogen) atoms. The molecular formula is C23H22N2O3S. The Morgan fingerprint density at radius 3 is 2.41 bits per heavy atom. The smallest absolute Gasteiger partial charge is 0.245 e. The summed E-state index contributed by atoms with van der Waals surface area (Å²) in [6.07, 6.45) is 1.94. The number of carbonyl (C=O) groups is 1. The van der Waals surface area contributed by atoms with Gasteiger partial charge < -0.3 is 5.32 Å². The molecule has 1 aliphatic carbocycles. The summed E-state index contributed by atoms with van der Waals surface area (Å²) in [5.74, 6) is -0.380. The molecule has 0 fully saturated rings. The van der Waals surface area contributed by atoms with Crippen LogP contribution in [-0.2, 0) is 21.2 Å². The molecule has 0 aliphatic heterocycles. The van der Waals surface area contributed by atoms with Gasteiger partial charge in [-0.1, -0.05) is 48.5 Å². The standard InChI is InChI=1S/C23H22N2O3S/c1-16-7-3-6-10-22(16)25(29(2,27)28)15-23(26)24-19-11-12-21-18(14-19)13-17-8-4-5-9-20(17)21/h3-12,14H,13,15H2,1-2H3,(H,24,26). The van der Waals surface area contributed by atoms with Crippen LogP contribution in [0.15, 0.2) is 66.7 Å². The highest BCUT2D eigenvalue weighted by molar-refractivity contribution is 7.92. The summed E-state index contributed by atoms with van der Waals surface area (Å²) in [7, 11) is -3.60. The molecule has 0 atom stereocenters. The van der Waals surface area contributed by atoms with Crippen molar-refractivity contribution < 1.29 is 13.2 Å². The topological polar surface area (TPSA) is 66.5 Å². The number of hydrogen-bond donors (Lipinski definition) is 1. The lowest BCUT2D eigenvalue weighted by molar-refractivity contribution is -0.114. The van der Waals surface area contributed by atoms with Crippen LogP contribution in [0.25, 0.3) is 11.1 Å². The number of sulfonamides is 1. The number of hydrogen-bond acceptors (Lipinski definition) is 3. The Balaban J connectivity index is 1.54. The van der Waals surface area contributed by atoms with Crippen LogP contribution in [-0.4, -0.2) is 27.1 Å². The highest BCUT2D eigenvalue weighted by Gasteiger charge is 2.23. The van der Waals surface area contributed by atoms with Crippen molar-refractivity contribution in [3.63, 3.8) is 0 Å². The maximum atomic E-state index is 12.7. The minimum Gasteiger partial charge on any atom is -0.325 e. The van der Waals surface area contributed by atoms with E-state index >= 15 is 0 Å². The molecule has 1 N–H and O–H groups in total. The van der Waals surface area contributed by atoms with E-state index < -0.39 is 10.0 Å². The van der Waals surface area contributed by atoms with Crippen LogP contribution in [0, 0.1) is 6.92 Å². The average Bonchev–Trinajstić information content (AvgIpc) is 3.03. The average molecular weight is 407 g/mol. The first-order valence-electron chi connectivity index (χ1n) is 9.37. The molecule has 0 spiro atoms. The van der Waals surface area contributed by atoms with E-state index in [1.807, 2.05) is 49.4 Å². The van der Waals surface area contributed by atoms with E-state index in [9.17, 15) is 13.2 Å². The van der Waals surface area contributed by atoms with Gasteiger partial charge in [-0.25, -0.2) is 8.42 Å². The lowest BCUT2D eigenvalue weighted by Crippen LogP contribution is -2.37. The lowest BCUT2D eigenvalue weighted by Gasteiger charge is -2.23. The molecule has 3 aromatic carbocycles. The van der Waals surface area contributed by atoms with E-state index in [-0.39, 0.29) is 12.5 Å². The van der Waals surface area contributed by atoms with Gasteiger partial charge in [-0.2, -0.15) is 0 Å². The van der Waals surface area contributed by atoms with Crippen molar-refractivity contribution in [3.05, 3.63) is 83.4 Å². The number of amides is 1. The van der Waals surface area contributed by atoms with Crippen molar-refractivity contribution in [1.82, 2.24) is 0 Å². The van der Waals surface area contributed by atoms with Crippen LogP contribution in [0.5, 0.6) is 0 Å². The number of anilines is 2. The van der Waals surface area contributed by atoms with Gasteiger partial charge in [0.25, 0.3) is 0 Å². The summed E-state index contributed by atoms with van der Waals surface area (Å²) in [6, 6.07) is 21.2. The van der Waals surface area contributed by atoms with E-state index in [1.54, 1.807) is 12.1 Å². The summed E-state index contributed by atoms with van der Waals surface area (Å²) in [5, 5.41) is 2.85. The second kappa shape index (κ2) is 7.37. The molecule has 6 heteroatoms. The first-order chi connectivity index (χ1) is 13.8. The van der Waals surface area contributed by atoms with Crippen LogP contribution in [0.1, 0.15) is 16.7 Å². The van der Waals surface area contributed by atoms with Crippen molar-refractivity contribution in [2.24, 2.45) is 0 Å². The van der Waals surface area contributed by atoms with Gasteiger partial charge in [0, 0.05) is 5.69 Å². The second-order valence-corrected chi connectivity index (χ2v) is 9.22. The molecule has 1 aliphatic rings. The fourth-order valence-electron chi connectivity index (χ4n) is 3.78. The zero-order valence-corrected chi connectivity index (χ0v) is 17.2. The molecule has 3 aromatic rings. The fourth-order valence-corrected chi connectivity index (χ4v) is 4.69. The maximum absolute atomic E-state index is 12.7. The van der Waals surface area contributed by atoms with Crippen LogP contribution < -0.4 is 9.62 Å². The summed E-state index contributed by atoms with van der Waals surface area (Å²) in [4.78, 5) is 12.7. The predicted octanol–water partition coefficient (Wildman–Crippen LogP) is 3.97. The lowest BCUT2D eigenvalue weighted by atomic mass is 10.1. The summed E-state index contributed by atoms with van der Waals surface area (Å²) >= 11 is 0. The molecule has 148 valence electrons. The molecule has 0 saturated carbocycles. The Hall–Kier alpha value is -3.12. The van der Waals surface area contributed by atoms with Crippen LogP contribution in [0.2, 0.25) is 0 Å². The second-order valence-electron chi connectivity index (χ2n) is 7.31. The first kappa shape index (κ1) is 19.2. The zero-order valence-electron chi connectivity index (χ0n) is 16.3. The van der Waals surface area contributed by atoms with Crippen molar-refractivity contribution in [2.75, 3.05) is 22.4 Å². The van der Waals surface area contributed by atoms with Crippen molar-refractivity contribution in [2.45, 2.75) is 13.3 Å². The third-order valence-corrected chi connectivity index (χ3v) is 6.28. The highest BCUT2D eigenvalue weighted by atomic mass is 32.2. The van der Waals surface area contributed by atoms with E-state index in [1.165, 1.54) is 16.7 Å². The monoisotopic (exact) mass is 406 g/mol. The number of nitrogens with one attached hydrogen (secondary N) is 1. The Morgan fingerprint density at radius 2 is 1.66 bits per heavy atom. The number of aryl methyl sites for hydroxylation is 1. The van der Waals surface area contributed by atoms with Gasteiger partial charge in [-0.3, -0.25) is 9.10 Å². The number of rotatable bonds is 5. The Morgan fingerprint density at radius 1 is 0.966 bits per heavy atom. The predicted molar refractivity (Wildman–Crippen MR) is 117 cm³/mol. The SMILES string of the molecule is Cc1ccccc1N(CC(=O)Nc1ccc2c(c1)Cc1ccccc1-2)S(C)(=O)=O. The first-order valence-corrected chi connectivity index (χ1v) is 11.2. The van der Waals surface area contributed by atoms with Gasteiger partial charge in [0.2, 0.25) is 15.9 Å². The van der Waals surface area contributed by atoms with Gasteiger partial charge in [-0.05, 0) is 59.4 Å². The third-order valence-electron chi connectivity index (χ3n) is 5.15. The van der Waals surface area contributed by atoms with Gasteiger partial charge in [-0.15, -0.1) is 0 Å². The molecule has 1 amide bonds. The van der Waals surface area contributed by atoms with Gasteiger partial charge in [0.15, 0.2) is 0 Å². The Bertz CT molecular complexity index is 1200. The molecular weight excluding hydrogens is 384 g/mol. The molecule has 0 saturated heterocycles. The maximum Gasteiger partial charge on any atom is 0.245 e. The molecule has 4 rings (SSSR count). The highest BCUT2D eigenvalue weighted by Crippen LogP contribution is 2.37. The quantitative estimate of drug-likeness (QED) is 0.545. The Kier molecular flexibility index (Phi) is 4.88. The van der Waals surface area contributed by atoms with Crippen LogP contribution in [0.4, 0.5) is 11.4 Å². The van der Waals surface area contributed by atoms with Gasteiger partial charge in [0.1, 0.15) is 6.54 Å². The number of para-hydroxylation sites is 1. The van der Waals surface area contributed by atoms with Crippen molar-refractivity contribution in [3.8, 4) is 11.1 Å². The molecule has 0 heterocycles. The molecule has 0 radical (unpaired) electrons. The summed E-state index contributed by atoms with van der Waals surface area (Å²) in [6.45, 7) is 1.55. The van der Waals surface area contributed by atoms with Crippen molar-refractivity contribution >= 4 is 27.3 Å². The number of carbonyl (C=O) groups excluding carboxylic acids is 1. The minimum atomic E-state index is -3.60. The molecule has 0 aromatic heterocycles. The Labute approximate surface area is 171 Å². The summed E-state index contributed by atoms with van der Waals surface area (Å²) < 4.78 is 25.7. The van der Waals surface area contributed by atoms with E-state index in [0.29, 0.717) is 11.4 Å². The zero-order chi connectivity index (χ0) is 20.6. The third kappa shape index (κ3) is 3.89. The molecule has 5 nitrogen and oxygen atoms in total.